The van der Waals surface area contributed by atoms with Crippen molar-refractivity contribution in [2.75, 3.05) is 13.6 Å². The van der Waals surface area contributed by atoms with Gasteiger partial charge in [-0.15, -0.1) is 0 Å². The van der Waals surface area contributed by atoms with E-state index in [0.29, 0.717) is 5.11 Å². The highest BCUT2D eigenvalue weighted by Crippen LogP contribution is 1.65. The van der Waals surface area contributed by atoms with E-state index in [1.54, 1.807) is 7.05 Å². The molecule has 0 heterocycles. The Morgan fingerprint density at radius 1 is 1.56 bits per heavy atom. The summed E-state index contributed by atoms with van der Waals surface area (Å²) in [6, 6.07) is 0. The van der Waals surface area contributed by atoms with Crippen LogP contribution in [-0.4, -0.2) is 18.7 Å². The Morgan fingerprint density at radius 2 is 2.22 bits per heavy atom. The van der Waals surface area contributed by atoms with Crippen LogP contribution >= 0.6 is 12.2 Å². The summed E-state index contributed by atoms with van der Waals surface area (Å²) in [7, 11) is 1.78. The minimum absolute atomic E-state index is 0.628. The number of hydrogen-bond acceptors (Lipinski definition) is 2. The van der Waals surface area contributed by atoms with Crippen molar-refractivity contribution in [3.63, 3.8) is 0 Å². The average molecular weight is 147 g/mol. The first kappa shape index (κ1) is 8.65. The van der Waals surface area contributed by atoms with E-state index < -0.39 is 0 Å². The van der Waals surface area contributed by atoms with Gasteiger partial charge in [0.05, 0.1) is 0 Å². The highest BCUT2D eigenvalue weighted by atomic mass is 32.1. The molecule has 0 aromatic heterocycles. The predicted molar refractivity (Wildman–Crippen MR) is 43.1 cm³/mol. The monoisotopic (exact) mass is 147 g/mol. The van der Waals surface area contributed by atoms with Crippen molar-refractivity contribution in [3.8, 4) is 0 Å². The zero-order valence-electron chi connectivity index (χ0n) is 5.82. The molecule has 54 valence electrons. The van der Waals surface area contributed by atoms with Crippen LogP contribution in [0.1, 0.15) is 13.3 Å². The molecule has 0 fully saturated rings. The van der Waals surface area contributed by atoms with Crippen molar-refractivity contribution in [1.82, 2.24) is 16.2 Å². The van der Waals surface area contributed by atoms with Gasteiger partial charge in [0.25, 0.3) is 0 Å². The molecule has 0 aliphatic rings. The van der Waals surface area contributed by atoms with E-state index in [4.69, 9.17) is 12.2 Å². The van der Waals surface area contributed by atoms with Gasteiger partial charge in [-0.2, -0.15) is 0 Å². The summed E-state index contributed by atoms with van der Waals surface area (Å²) < 4.78 is 0. The van der Waals surface area contributed by atoms with Gasteiger partial charge in [-0.05, 0) is 18.6 Å². The lowest BCUT2D eigenvalue weighted by atomic mass is 10.5. The Labute approximate surface area is 61.2 Å². The summed E-state index contributed by atoms with van der Waals surface area (Å²) in [5, 5.41) is 3.41. The molecular weight excluding hydrogens is 134 g/mol. The average Bonchev–Trinajstić information content (AvgIpc) is 1.89. The second-order valence-electron chi connectivity index (χ2n) is 1.63. The Bertz CT molecular complexity index is 84.3. The topological polar surface area (TPSA) is 36.1 Å². The Morgan fingerprint density at radius 3 is 2.67 bits per heavy atom. The van der Waals surface area contributed by atoms with Gasteiger partial charge in [0.1, 0.15) is 0 Å². The maximum Gasteiger partial charge on any atom is 0.180 e. The van der Waals surface area contributed by atoms with E-state index in [1.165, 1.54) is 0 Å². The number of hydrogen-bond donors (Lipinski definition) is 3. The van der Waals surface area contributed by atoms with Gasteiger partial charge >= 0.3 is 0 Å². The number of nitrogens with one attached hydrogen (secondary N) is 3. The maximum absolute atomic E-state index is 4.78. The van der Waals surface area contributed by atoms with Crippen molar-refractivity contribution in [3.05, 3.63) is 0 Å². The minimum Gasteiger partial charge on any atom is -0.365 e. The van der Waals surface area contributed by atoms with Gasteiger partial charge < -0.3 is 5.32 Å². The lowest BCUT2D eigenvalue weighted by Crippen LogP contribution is -2.42. The molecule has 0 aromatic rings. The molecular formula is C5H13N3S. The van der Waals surface area contributed by atoms with Gasteiger partial charge in [-0.1, -0.05) is 6.92 Å². The first-order chi connectivity index (χ1) is 4.31. The van der Waals surface area contributed by atoms with Crippen LogP contribution in [0.25, 0.3) is 0 Å². The summed E-state index contributed by atoms with van der Waals surface area (Å²) in [5.74, 6) is 0. The lowest BCUT2D eigenvalue weighted by molar-refractivity contribution is 0.636. The lowest BCUT2D eigenvalue weighted by Gasteiger charge is -2.06. The third kappa shape index (κ3) is 5.52. The molecule has 9 heavy (non-hydrogen) atoms. The molecule has 0 saturated carbocycles. The van der Waals surface area contributed by atoms with Gasteiger partial charge in [-0.25, -0.2) is 5.43 Å². The second kappa shape index (κ2) is 5.78. The molecule has 0 atom stereocenters. The zero-order valence-corrected chi connectivity index (χ0v) is 6.64. The van der Waals surface area contributed by atoms with Gasteiger partial charge in [0.2, 0.25) is 0 Å². The van der Waals surface area contributed by atoms with E-state index in [9.17, 15) is 0 Å². The van der Waals surface area contributed by atoms with Crippen LogP contribution in [0.2, 0.25) is 0 Å². The van der Waals surface area contributed by atoms with Crippen molar-refractivity contribution in [2.24, 2.45) is 0 Å². The van der Waals surface area contributed by atoms with Crippen LogP contribution in [0.3, 0.4) is 0 Å². The second-order valence-corrected chi connectivity index (χ2v) is 2.04. The first-order valence-corrected chi connectivity index (χ1v) is 3.42. The molecule has 0 aliphatic carbocycles. The quantitative estimate of drug-likeness (QED) is 0.298. The molecule has 0 saturated heterocycles. The highest BCUT2D eigenvalue weighted by Gasteiger charge is 1.84. The van der Waals surface area contributed by atoms with Crippen LogP contribution < -0.4 is 16.2 Å². The van der Waals surface area contributed by atoms with Crippen LogP contribution in [0, 0.1) is 0 Å². The molecule has 0 aromatic carbocycles. The van der Waals surface area contributed by atoms with E-state index in [1.807, 2.05) is 0 Å². The molecule has 0 rings (SSSR count). The molecule has 4 heteroatoms. The van der Waals surface area contributed by atoms with Crippen LogP contribution in [0.5, 0.6) is 0 Å². The Hall–Kier alpha value is -0.350. The third-order valence-electron chi connectivity index (χ3n) is 0.804. The number of rotatable bonds is 3. The SMILES string of the molecule is CCCNNC(=S)NC. The summed E-state index contributed by atoms with van der Waals surface area (Å²) in [4.78, 5) is 0. The van der Waals surface area contributed by atoms with Crippen LogP contribution in [0.4, 0.5) is 0 Å². The van der Waals surface area contributed by atoms with E-state index >= 15 is 0 Å². The molecule has 3 N–H and O–H groups in total. The minimum atomic E-state index is 0.628. The summed E-state index contributed by atoms with van der Waals surface area (Å²) in [6.45, 7) is 3.03. The molecule has 0 unspecified atom stereocenters. The fourth-order valence-electron chi connectivity index (χ4n) is 0.330. The van der Waals surface area contributed by atoms with Gasteiger partial charge in [-0.3, -0.25) is 5.43 Å². The van der Waals surface area contributed by atoms with Crippen LogP contribution in [0.15, 0.2) is 0 Å². The summed E-state index contributed by atoms with van der Waals surface area (Å²) in [6.07, 6.45) is 1.10. The molecule has 3 nitrogen and oxygen atoms in total. The van der Waals surface area contributed by atoms with Gasteiger partial charge in [0, 0.05) is 13.6 Å². The summed E-state index contributed by atoms with van der Waals surface area (Å²) >= 11 is 4.78. The van der Waals surface area contributed by atoms with Crippen molar-refractivity contribution >= 4 is 17.3 Å². The van der Waals surface area contributed by atoms with Crippen molar-refractivity contribution < 1.29 is 0 Å². The molecule has 0 radical (unpaired) electrons. The van der Waals surface area contributed by atoms with E-state index in [0.717, 1.165) is 13.0 Å². The van der Waals surface area contributed by atoms with Crippen molar-refractivity contribution in [2.45, 2.75) is 13.3 Å². The zero-order chi connectivity index (χ0) is 7.11. The molecule has 0 bridgehead atoms. The molecule has 0 spiro atoms. The van der Waals surface area contributed by atoms with Crippen LogP contribution in [-0.2, 0) is 0 Å². The molecule has 0 amide bonds. The van der Waals surface area contributed by atoms with E-state index in [2.05, 4.69) is 23.1 Å². The summed E-state index contributed by atoms with van der Waals surface area (Å²) in [5.41, 5.74) is 5.74. The normalized spacial score (nSPS) is 8.67. The Balaban J connectivity index is 2.97. The third-order valence-corrected chi connectivity index (χ3v) is 1.11. The Kier molecular flexibility index (Phi) is 5.56. The fourth-order valence-corrected chi connectivity index (χ4v) is 0.402. The first-order valence-electron chi connectivity index (χ1n) is 3.01. The standard InChI is InChI=1S/C5H13N3S/c1-3-4-7-8-5(9)6-2/h7H,3-4H2,1-2H3,(H2,6,8,9). The highest BCUT2D eigenvalue weighted by molar-refractivity contribution is 7.80. The van der Waals surface area contributed by atoms with E-state index in [-0.39, 0.29) is 0 Å². The van der Waals surface area contributed by atoms with Gasteiger partial charge in [0.15, 0.2) is 5.11 Å². The number of hydrazine groups is 1. The maximum atomic E-state index is 4.78. The van der Waals surface area contributed by atoms with Crippen molar-refractivity contribution in [1.29, 1.82) is 0 Å². The largest absolute Gasteiger partial charge is 0.365 e. The molecule has 0 aliphatic heterocycles. The number of thiocarbonyl (C=S) groups is 1. The smallest absolute Gasteiger partial charge is 0.180 e. The predicted octanol–water partition coefficient (Wildman–Crippen LogP) is -0.00510. The fraction of sp³-hybridized carbons (Fsp3) is 0.800.